The van der Waals surface area contributed by atoms with Gasteiger partial charge in [-0.15, -0.1) is 0 Å². The highest BCUT2D eigenvalue weighted by Gasteiger charge is 2.44. The van der Waals surface area contributed by atoms with Gasteiger partial charge in [-0.1, -0.05) is 26.2 Å². The molecule has 168 valence electrons. The van der Waals surface area contributed by atoms with Gasteiger partial charge in [-0.25, -0.2) is 4.98 Å². The number of carbonyl (C=O) groups is 2. The van der Waals surface area contributed by atoms with E-state index in [9.17, 15) is 14.4 Å². The highest BCUT2D eigenvalue weighted by atomic mass is 16.2. The number of aromatic nitrogens is 2. The molecule has 7 heteroatoms. The van der Waals surface area contributed by atoms with Crippen molar-refractivity contribution in [3.63, 3.8) is 0 Å². The molecule has 3 atom stereocenters. The minimum Gasteiger partial charge on any atom is -0.337 e. The second-order valence-corrected chi connectivity index (χ2v) is 10.1. The summed E-state index contributed by atoms with van der Waals surface area (Å²) in [5, 5.41) is 0. The molecule has 0 unspecified atom stereocenters. The molecular formula is C24H34N4O3. The molecule has 0 aromatic carbocycles. The first-order valence-corrected chi connectivity index (χ1v) is 12.2. The smallest absolute Gasteiger partial charge is 0.256 e. The summed E-state index contributed by atoms with van der Waals surface area (Å²) >= 11 is 0. The van der Waals surface area contributed by atoms with Gasteiger partial charge in [0.1, 0.15) is 5.82 Å². The lowest BCUT2D eigenvalue weighted by atomic mass is 9.88. The molecule has 1 N–H and O–H groups in total. The van der Waals surface area contributed by atoms with E-state index in [1.54, 1.807) is 0 Å². The molecule has 3 fully saturated rings. The Balaban J connectivity index is 1.35. The molecule has 2 saturated carbocycles. The largest absolute Gasteiger partial charge is 0.337 e. The van der Waals surface area contributed by atoms with Crippen molar-refractivity contribution in [1.82, 2.24) is 19.8 Å². The van der Waals surface area contributed by atoms with E-state index in [0.29, 0.717) is 36.8 Å². The number of amides is 2. The van der Waals surface area contributed by atoms with Gasteiger partial charge in [-0.05, 0) is 44.4 Å². The first-order valence-electron chi connectivity index (χ1n) is 12.2. The van der Waals surface area contributed by atoms with Crippen LogP contribution in [0.5, 0.6) is 0 Å². The third kappa shape index (κ3) is 4.03. The molecule has 1 aromatic heterocycles. The van der Waals surface area contributed by atoms with E-state index in [-0.39, 0.29) is 35.3 Å². The minimum absolute atomic E-state index is 0.119. The van der Waals surface area contributed by atoms with E-state index in [0.717, 1.165) is 63.6 Å². The third-order valence-corrected chi connectivity index (χ3v) is 7.88. The first-order chi connectivity index (χ1) is 15.0. The fourth-order valence-electron chi connectivity index (χ4n) is 5.76. The number of aromatic amines is 1. The molecule has 2 amide bonds. The number of H-pyrrole nitrogens is 1. The molecule has 7 nitrogen and oxygen atoms in total. The maximum absolute atomic E-state index is 13.0. The minimum atomic E-state index is -0.140. The van der Waals surface area contributed by atoms with Crippen molar-refractivity contribution >= 4 is 11.8 Å². The number of carbonyl (C=O) groups excluding carboxylic acids is 2. The molecule has 5 rings (SSSR count). The van der Waals surface area contributed by atoms with Gasteiger partial charge >= 0.3 is 0 Å². The van der Waals surface area contributed by atoms with E-state index in [1.807, 2.05) is 9.80 Å². The lowest BCUT2D eigenvalue weighted by molar-refractivity contribution is -0.138. The third-order valence-electron chi connectivity index (χ3n) is 7.88. The van der Waals surface area contributed by atoms with Crippen LogP contribution in [-0.2, 0) is 22.6 Å². The summed E-state index contributed by atoms with van der Waals surface area (Å²) in [6.07, 6.45) is 9.91. The maximum Gasteiger partial charge on any atom is 0.256 e. The molecule has 1 aromatic rings. The van der Waals surface area contributed by atoms with Gasteiger partial charge in [0.2, 0.25) is 11.8 Å². The number of nitrogens with one attached hydrogen (secondary N) is 1. The van der Waals surface area contributed by atoms with Crippen LogP contribution in [0.3, 0.4) is 0 Å². The van der Waals surface area contributed by atoms with Crippen molar-refractivity contribution in [1.29, 1.82) is 0 Å². The molecule has 0 radical (unpaired) electrons. The fraction of sp³-hybridized carbons (Fsp3) is 0.750. The number of fused-ring (bicyclic) bond motifs is 1. The predicted octanol–water partition coefficient (Wildman–Crippen LogP) is 2.94. The Bertz CT molecular complexity index is 920. The van der Waals surface area contributed by atoms with Crippen LogP contribution in [0.2, 0.25) is 0 Å². The Labute approximate surface area is 183 Å². The van der Waals surface area contributed by atoms with Crippen LogP contribution in [0, 0.1) is 17.8 Å². The van der Waals surface area contributed by atoms with E-state index >= 15 is 0 Å². The molecule has 3 heterocycles. The highest BCUT2D eigenvalue weighted by Crippen LogP contribution is 2.42. The van der Waals surface area contributed by atoms with E-state index in [4.69, 9.17) is 4.98 Å². The van der Waals surface area contributed by atoms with Crippen molar-refractivity contribution in [2.75, 3.05) is 13.1 Å². The standard InChI is InChI=1S/C24H34N4O3/c1-15-13-17(15)24(31)28-11-6-5-9-20(28)21-25-19-10-12-27(14-18(19)22(29)26-21)23(30)16-7-3-2-4-8-16/h15-17,20H,2-14H2,1H3,(H,25,26,29)/t15-,17-,20+/m1/s1. The zero-order valence-corrected chi connectivity index (χ0v) is 18.6. The van der Waals surface area contributed by atoms with E-state index in [2.05, 4.69) is 11.9 Å². The fourth-order valence-corrected chi connectivity index (χ4v) is 5.76. The summed E-state index contributed by atoms with van der Waals surface area (Å²) in [7, 11) is 0. The number of hydrogen-bond acceptors (Lipinski definition) is 4. The Kier molecular flexibility index (Phi) is 5.61. The van der Waals surface area contributed by atoms with Gasteiger partial charge in [0.05, 0.1) is 23.8 Å². The average molecular weight is 427 g/mol. The SMILES string of the molecule is C[C@@H]1C[C@H]1C(=O)N1CCCC[C@H]1c1nc2c(c(=O)[nH]1)CN(C(=O)C1CCCCC1)CC2. The quantitative estimate of drug-likeness (QED) is 0.805. The Morgan fingerprint density at radius 3 is 2.48 bits per heavy atom. The average Bonchev–Trinajstić information content (AvgIpc) is 3.55. The molecule has 31 heavy (non-hydrogen) atoms. The van der Waals surface area contributed by atoms with Crippen LogP contribution in [0.25, 0.3) is 0 Å². The molecule has 4 aliphatic rings. The van der Waals surface area contributed by atoms with Gasteiger partial charge in [-0.2, -0.15) is 0 Å². The van der Waals surface area contributed by atoms with Gasteiger partial charge in [0.15, 0.2) is 0 Å². The normalized spacial score (nSPS) is 28.9. The zero-order chi connectivity index (χ0) is 21.5. The summed E-state index contributed by atoms with van der Waals surface area (Å²) in [6.45, 7) is 3.86. The lowest BCUT2D eigenvalue weighted by Gasteiger charge is -2.36. The van der Waals surface area contributed by atoms with Crippen LogP contribution in [0.1, 0.15) is 87.8 Å². The number of nitrogens with zero attached hydrogens (tertiary/aromatic N) is 3. The highest BCUT2D eigenvalue weighted by molar-refractivity contribution is 5.82. The molecule has 0 bridgehead atoms. The van der Waals surface area contributed by atoms with E-state index in [1.165, 1.54) is 6.42 Å². The molecule has 2 aliphatic heterocycles. The summed E-state index contributed by atoms with van der Waals surface area (Å²) < 4.78 is 0. The van der Waals surface area contributed by atoms with Crippen molar-refractivity contribution < 1.29 is 9.59 Å². The summed E-state index contributed by atoms with van der Waals surface area (Å²) in [6, 6.07) is -0.131. The Morgan fingerprint density at radius 1 is 1.00 bits per heavy atom. The van der Waals surface area contributed by atoms with E-state index < -0.39 is 0 Å². The van der Waals surface area contributed by atoms with Crippen LogP contribution >= 0.6 is 0 Å². The summed E-state index contributed by atoms with van der Waals surface area (Å²) in [4.78, 5) is 50.6. The topological polar surface area (TPSA) is 86.4 Å². The second-order valence-electron chi connectivity index (χ2n) is 10.1. The molecule has 1 saturated heterocycles. The predicted molar refractivity (Wildman–Crippen MR) is 116 cm³/mol. The molecule has 2 aliphatic carbocycles. The van der Waals surface area contributed by atoms with Gasteiger partial charge < -0.3 is 14.8 Å². The molecular weight excluding hydrogens is 392 g/mol. The Morgan fingerprint density at radius 2 is 1.74 bits per heavy atom. The van der Waals surface area contributed by atoms with Gasteiger partial charge in [0, 0.05) is 31.3 Å². The number of hydrogen-bond donors (Lipinski definition) is 1. The van der Waals surface area contributed by atoms with Crippen LogP contribution in [0.4, 0.5) is 0 Å². The van der Waals surface area contributed by atoms with Crippen LogP contribution < -0.4 is 5.56 Å². The van der Waals surface area contributed by atoms with Crippen molar-refractivity contribution in [2.45, 2.75) is 83.7 Å². The number of rotatable bonds is 3. The maximum atomic E-state index is 13.0. The lowest BCUT2D eigenvalue weighted by Crippen LogP contribution is -2.44. The Hall–Kier alpha value is -2.18. The number of likely N-dealkylation sites (tertiary alicyclic amines) is 1. The summed E-state index contributed by atoms with van der Waals surface area (Å²) in [5.74, 6) is 1.80. The van der Waals surface area contributed by atoms with Crippen LogP contribution in [0.15, 0.2) is 4.79 Å². The van der Waals surface area contributed by atoms with Crippen molar-refractivity contribution in [3.8, 4) is 0 Å². The van der Waals surface area contributed by atoms with Crippen molar-refractivity contribution in [2.24, 2.45) is 17.8 Å². The first kappa shape index (κ1) is 20.7. The van der Waals surface area contributed by atoms with Crippen molar-refractivity contribution in [3.05, 3.63) is 27.4 Å². The summed E-state index contributed by atoms with van der Waals surface area (Å²) in [5.41, 5.74) is 1.30. The van der Waals surface area contributed by atoms with Gasteiger partial charge in [-0.3, -0.25) is 14.4 Å². The monoisotopic (exact) mass is 426 g/mol. The second kappa shape index (κ2) is 8.40. The number of piperidine rings is 1. The van der Waals surface area contributed by atoms with Gasteiger partial charge in [0.25, 0.3) is 5.56 Å². The molecule has 0 spiro atoms. The van der Waals surface area contributed by atoms with Crippen LogP contribution in [-0.4, -0.2) is 44.7 Å². The zero-order valence-electron chi connectivity index (χ0n) is 18.6.